The molecule has 0 aliphatic carbocycles. The van der Waals surface area contributed by atoms with Crippen LogP contribution in [-0.4, -0.2) is 29.8 Å². The van der Waals surface area contributed by atoms with Crippen LogP contribution >= 0.6 is 0 Å². The average molecular weight is 302 g/mol. The molecule has 2 atom stereocenters. The van der Waals surface area contributed by atoms with Crippen molar-refractivity contribution in [1.82, 2.24) is 10.2 Å². The number of hydrogen-bond acceptors (Lipinski definition) is 3. The van der Waals surface area contributed by atoms with Gasteiger partial charge < -0.3 is 9.64 Å². The molecule has 0 radical (unpaired) electrons. The van der Waals surface area contributed by atoms with Crippen LogP contribution in [0.15, 0.2) is 24.3 Å². The maximum atomic E-state index is 12.1. The number of carbonyl (C=O) groups is 1. The van der Waals surface area contributed by atoms with Crippen molar-refractivity contribution in [3.8, 4) is 5.75 Å². The van der Waals surface area contributed by atoms with Crippen molar-refractivity contribution in [1.29, 1.82) is 0 Å². The smallest absolute Gasteiger partial charge is 0.406 e. The summed E-state index contributed by atoms with van der Waals surface area (Å²) in [5, 5.41) is 3.07. The summed E-state index contributed by atoms with van der Waals surface area (Å²) in [7, 11) is 0. The standard InChI is InChI=1S/C14H17F3N2O2/c1-3-9(2)19-12(20)8-18-13(19)10-4-6-11(7-5-10)21-14(15,16)17/h4-7,9,13,18H,3,8H2,1-2H3. The topological polar surface area (TPSA) is 41.6 Å². The number of alkyl halides is 3. The van der Waals surface area contributed by atoms with Gasteiger partial charge in [-0.2, -0.15) is 0 Å². The molecule has 4 nitrogen and oxygen atoms in total. The third-order valence-corrected chi connectivity index (χ3v) is 3.51. The minimum absolute atomic E-state index is 0.00929. The fourth-order valence-corrected chi connectivity index (χ4v) is 2.34. The Morgan fingerprint density at radius 1 is 1.38 bits per heavy atom. The van der Waals surface area contributed by atoms with Gasteiger partial charge in [-0.05, 0) is 31.0 Å². The van der Waals surface area contributed by atoms with Crippen molar-refractivity contribution >= 4 is 5.91 Å². The lowest BCUT2D eigenvalue weighted by Crippen LogP contribution is -2.37. The molecule has 0 aromatic heterocycles. The van der Waals surface area contributed by atoms with Crippen LogP contribution in [0.5, 0.6) is 5.75 Å². The first kappa shape index (κ1) is 15.6. The van der Waals surface area contributed by atoms with Crippen molar-refractivity contribution in [3.63, 3.8) is 0 Å². The lowest BCUT2D eigenvalue weighted by Gasteiger charge is -2.30. The minimum atomic E-state index is -4.70. The van der Waals surface area contributed by atoms with E-state index in [1.807, 2.05) is 13.8 Å². The Morgan fingerprint density at radius 2 is 2.00 bits per heavy atom. The van der Waals surface area contributed by atoms with Crippen LogP contribution in [0.1, 0.15) is 32.0 Å². The van der Waals surface area contributed by atoms with Gasteiger partial charge in [0.05, 0.1) is 6.54 Å². The molecule has 1 amide bonds. The van der Waals surface area contributed by atoms with Crippen LogP contribution in [0, 0.1) is 0 Å². The largest absolute Gasteiger partial charge is 0.573 e. The highest BCUT2D eigenvalue weighted by Crippen LogP contribution is 2.29. The van der Waals surface area contributed by atoms with E-state index in [0.29, 0.717) is 0 Å². The van der Waals surface area contributed by atoms with E-state index in [9.17, 15) is 18.0 Å². The fraction of sp³-hybridized carbons (Fsp3) is 0.500. The van der Waals surface area contributed by atoms with Gasteiger partial charge in [-0.25, -0.2) is 0 Å². The Hall–Kier alpha value is -1.76. The number of nitrogens with zero attached hydrogens (tertiary/aromatic N) is 1. The average Bonchev–Trinajstić information content (AvgIpc) is 2.79. The zero-order valence-electron chi connectivity index (χ0n) is 11.8. The predicted molar refractivity (Wildman–Crippen MR) is 70.5 cm³/mol. The number of ether oxygens (including phenoxy) is 1. The summed E-state index contributed by atoms with van der Waals surface area (Å²) in [5.74, 6) is -0.282. The van der Waals surface area contributed by atoms with E-state index in [-0.39, 0.29) is 30.4 Å². The molecule has 0 saturated carbocycles. The highest BCUT2D eigenvalue weighted by Gasteiger charge is 2.35. The summed E-state index contributed by atoms with van der Waals surface area (Å²) in [6, 6.07) is 5.63. The summed E-state index contributed by atoms with van der Waals surface area (Å²) < 4.78 is 40.2. The van der Waals surface area contributed by atoms with Gasteiger partial charge in [-0.3, -0.25) is 10.1 Å². The van der Waals surface area contributed by atoms with E-state index in [2.05, 4.69) is 10.1 Å². The third-order valence-electron chi connectivity index (χ3n) is 3.51. The van der Waals surface area contributed by atoms with Gasteiger partial charge in [-0.1, -0.05) is 19.1 Å². The van der Waals surface area contributed by atoms with E-state index in [1.54, 1.807) is 4.90 Å². The first-order chi connectivity index (χ1) is 9.81. The van der Waals surface area contributed by atoms with Gasteiger partial charge in [-0.15, -0.1) is 13.2 Å². The van der Waals surface area contributed by atoms with Crippen LogP contribution in [-0.2, 0) is 4.79 Å². The maximum absolute atomic E-state index is 12.1. The highest BCUT2D eigenvalue weighted by molar-refractivity contribution is 5.81. The second kappa shape index (κ2) is 5.93. The Labute approximate surface area is 120 Å². The van der Waals surface area contributed by atoms with Gasteiger partial charge >= 0.3 is 6.36 Å². The molecule has 0 bridgehead atoms. The van der Waals surface area contributed by atoms with Crippen LogP contribution in [0.4, 0.5) is 13.2 Å². The first-order valence-corrected chi connectivity index (χ1v) is 6.72. The molecule has 1 aliphatic heterocycles. The summed E-state index contributed by atoms with van der Waals surface area (Å²) in [6.45, 7) is 4.16. The quantitative estimate of drug-likeness (QED) is 0.930. The number of rotatable bonds is 4. The molecular formula is C14H17F3N2O2. The Balaban J connectivity index is 2.16. The lowest BCUT2D eigenvalue weighted by molar-refractivity contribution is -0.274. The molecule has 1 heterocycles. The van der Waals surface area contributed by atoms with Crippen LogP contribution in [0.3, 0.4) is 0 Å². The van der Waals surface area contributed by atoms with Gasteiger partial charge in [0, 0.05) is 6.04 Å². The summed E-state index contributed by atoms with van der Waals surface area (Å²) >= 11 is 0. The SMILES string of the molecule is CCC(C)N1C(=O)CNC1c1ccc(OC(F)(F)F)cc1. The Morgan fingerprint density at radius 3 is 2.52 bits per heavy atom. The van der Waals surface area contributed by atoms with Crippen molar-refractivity contribution in [2.45, 2.75) is 38.8 Å². The fourth-order valence-electron chi connectivity index (χ4n) is 2.34. The van der Waals surface area contributed by atoms with Gasteiger partial charge in [0.2, 0.25) is 5.91 Å². The second-order valence-electron chi connectivity index (χ2n) is 4.96. The number of amides is 1. The number of benzene rings is 1. The molecule has 1 N–H and O–H groups in total. The lowest BCUT2D eigenvalue weighted by atomic mass is 10.1. The summed E-state index contributed by atoms with van der Waals surface area (Å²) in [5.41, 5.74) is 0.732. The van der Waals surface area contributed by atoms with Crippen LogP contribution in [0.2, 0.25) is 0 Å². The maximum Gasteiger partial charge on any atom is 0.573 e. The molecule has 1 fully saturated rings. The normalized spacial score (nSPS) is 20.7. The van der Waals surface area contributed by atoms with E-state index in [0.717, 1.165) is 12.0 Å². The molecule has 2 rings (SSSR count). The molecule has 21 heavy (non-hydrogen) atoms. The molecule has 1 aromatic carbocycles. The minimum Gasteiger partial charge on any atom is -0.406 e. The van der Waals surface area contributed by atoms with Gasteiger partial charge in [0.25, 0.3) is 0 Å². The van der Waals surface area contributed by atoms with Crippen molar-refractivity contribution < 1.29 is 22.7 Å². The van der Waals surface area contributed by atoms with Crippen molar-refractivity contribution in [2.24, 2.45) is 0 Å². The predicted octanol–water partition coefficient (Wildman–Crippen LogP) is 2.81. The van der Waals surface area contributed by atoms with Gasteiger partial charge in [0.15, 0.2) is 0 Å². The van der Waals surface area contributed by atoms with E-state index in [1.165, 1.54) is 24.3 Å². The summed E-state index contributed by atoms with van der Waals surface area (Å²) in [4.78, 5) is 13.6. The molecule has 2 unspecified atom stereocenters. The molecule has 1 aromatic rings. The number of halogens is 3. The van der Waals surface area contributed by atoms with E-state index >= 15 is 0 Å². The number of hydrogen-bond donors (Lipinski definition) is 1. The zero-order valence-corrected chi connectivity index (χ0v) is 11.8. The van der Waals surface area contributed by atoms with Crippen LogP contribution < -0.4 is 10.1 Å². The molecule has 116 valence electrons. The van der Waals surface area contributed by atoms with Crippen molar-refractivity contribution in [2.75, 3.05) is 6.54 Å². The molecule has 1 saturated heterocycles. The second-order valence-corrected chi connectivity index (χ2v) is 4.96. The Bertz CT molecular complexity index is 502. The monoisotopic (exact) mass is 302 g/mol. The number of carbonyl (C=O) groups excluding carboxylic acids is 1. The number of nitrogens with one attached hydrogen (secondary N) is 1. The zero-order chi connectivity index (χ0) is 15.6. The molecule has 0 spiro atoms. The highest BCUT2D eigenvalue weighted by atomic mass is 19.4. The first-order valence-electron chi connectivity index (χ1n) is 6.72. The summed E-state index contributed by atoms with van der Waals surface area (Å²) in [6.07, 6.45) is -4.21. The molecular weight excluding hydrogens is 285 g/mol. The van der Waals surface area contributed by atoms with E-state index in [4.69, 9.17) is 0 Å². The molecule has 1 aliphatic rings. The van der Waals surface area contributed by atoms with Gasteiger partial charge in [0.1, 0.15) is 11.9 Å². The molecule has 7 heteroatoms. The van der Waals surface area contributed by atoms with E-state index < -0.39 is 6.36 Å². The Kier molecular flexibility index (Phi) is 4.41. The van der Waals surface area contributed by atoms with Crippen molar-refractivity contribution in [3.05, 3.63) is 29.8 Å². The van der Waals surface area contributed by atoms with Crippen LogP contribution in [0.25, 0.3) is 0 Å². The third kappa shape index (κ3) is 3.66.